The van der Waals surface area contributed by atoms with Crippen molar-refractivity contribution in [2.24, 2.45) is 0 Å². The summed E-state index contributed by atoms with van der Waals surface area (Å²) in [5.41, 5.74) is 58.9. The maximum atomic E-state index is 8.74. The lowest BCUT2D eigenvalue weighted by Gasteiger charge is -2.03. The number of fused-ring (bicyclic) bond motifs is 8. The van der Waals surface area contributed by atoms with Gasteiger partial charge in [-0.1, -0.05) is 48.5 Å². The summed E-state index contributed by atoms with van der Waals surface area (Å²) in [7, 11) is -9.33. The van der Waals surface area contributed by atoms with E-state index in [4.69, 9.17) is 80.9 Å². The van der Waals surface area contributed by atoms with E-state index in [1.54, 1.807) is 0 Å². The van der Waals surface area contributed by atoms with Gasteiger partial charge in [-0.2, -0.15) is 16.8 Å². The molecule has 12 rings (SSSR count). The van der Waals surface area contributed by atoms with Crippen LogP contribution in [0.1, 0.15) is 0 Å². The number of aromatic nitrogens is 4. The molecule has 0 atom stereocenters. The van der Waals surface area contributed by atoms with Gasteiger partial charge in [0.1, 0.15) is 0 Å². The molecule has 0 aliphatic rings. The Balaban J connectivity index is 0.000000153. The summed E-state index contributed by atoms with van der Waals surface area (Å²) in [5, 5.41) is 8.71. The molecule has 0 aliphatic heterocycles. The lowest BCUT2D eigenvalue weighted by atomic mass is 10.1. The predicted molar refractivity (Wildman–Crippen MR) is 304 cm³/mol. The number of nitrogens with two attached hydrogens (primary N) is 8. The topological polar surface area (TPSA) is 440 Å². The van der Waals surface area contributed by atoms with E-state index in [2.05, 4.69) is 44.2 Å². The first-order chi connectivity index (χ1) is 34.9. The maximum Gasteiger partial charge on any atom is 0.394 e. The molecule has 0 fully saturated rings. The number of hydrogen-bond donors (Lipinski definition) is 12. The van der Waals surface area contributed by atoms with Crippen molar-refractivity contribution in [1.29, 1.82) is 0 Å². The Morgan fingerprint density at radius 2 is 0.347 bits per heavy atom. The zero-order valence-electron chi connectivity index (χ0n) is 39.3. The third-order valence-electron chi connectivity index (χ3n) is 10.6. The van der Waals surface area contributed by atoms with Crippen LogP contribution < -0.4 is 45.9 Å². The largest absolute Gasteiger partial charge is 0.412 e. The van der Waals surface area contributed by atoms with Gasteiger partial charge < -0.3 is 51.3 Å². The Bertz CT molecular complexity index is 3540. The van der Waals surface area contributed by atoms with Crippen LogP contribution in [0, 0.1) is 0 Å². The molecule has 0 spiro atoms. The van der Waals surface area contributed by atoms with Gasteiger partial charge in [-0.05, 0) is 121 Å². The van der Waals surface area contributed by atoms with Crippen molar-refractivity contribution < 1.29 is 40.5 Å². The second-order valence-corrected chi connectivity index (χ2v) is 18.3. The van der Waals surface area contributed by atoms with Gasteiger partial charge in [-0.15, -0.1) is 0 Å². The standard InChI is InChI=1S/4C13H11N3.2H2O4S.H2O/c4*14-10-3-1-8-5-9-2-4-11(15)7-13(9)16-12(8)6-10;2*1-5(2,3)4;/h4*1-7H,14-15H2;2*(H2,1,2,3,4);1H2. The number of hydrogen-bond acceptors (Lipinski definition) is 16. The molecule has 75 heavy (non-hydrogen) atoms. The van der Waals surface area contributed by atoms with Crippen molar-refractivity contribution in [1.82, 2.24) is 19.9 Å². The highest BCUT2D eigenvalue weighted by atomic mass is 32.3. The number of nitrogens with zero attached hydrogens (tertiary/aromatic N) is 4. The molecule has 22 N–H and O–H groups in total. The molecule has 0 aliphatic carbocycles. The van der Waals surface area contributed by atoms with Crippen LogP contribution in [0.4, 0.5) is 45.5 Å². The van der Waals surface area contributed by atoms with Gasteiger partial charge in [-0.3, -0.25) is 18.2 Å². The van der Waals surface area contributed by atoms with E-state index in [0.717, 1.165) is 133 Å². The average molecular weight is 1050 g/mol. The molecule has 0 bridgehead atoms. The third-order valence-corrected chi connectivity index (χ3v) is 10.6. The van der Waals surface area contributed by atoms with E-state index in [1.807, 2.05) is 146 Å². The van der Waals surface area contributed by atoms with Crippen LogP contribution >= 0.6 is 0 Å². The summed E-state index contributed by atoms with van der Waals surface area (Å²) in [6.45, 7) is 0. The first-order valence-electron chi connectivity index (χ1n) is 21.7. The van der Waals surface area contributed by atoms with Gasteiger partial charge in [0.2, 0.25) is 0 Å². The monoisotopic (exact) mass is 1050 g/mol. The average Bonchev–Trinajstić information content (AvgIpc) is 3.31. The van der Waals surface area contributed by atoms with Crippen LogP contribution in [-0.4, -0.2) is 60.5 Å². The summed E-state index contributed by atoms with van der Waals surface area (Å²) in [5.74, 6) is 0. The minimum Gasteiger partial charge on any atom is -0.412 e. The van der Waals surface area contributed by atoms with Crippen molar-refractivity contribution in [3.8, 4) is 0 Å². The van der Waals surface area contributed by atoms with Crippen molar-refractivity contribution in [3.05, 3.63) is 170 Å². The van der Waals surface area contributed by atoms with E-state index < -0.39 is 20.8 Å². The Hall–Kier alpha value is -9.46. The fourth-order valence-corrected chi connectivity index (χ4v) is 7.43. The summed E-state index contributed by atoms with van der Waals surface area (Å²) in [4.78, 5) is 18.2. The molecule has 4 aromatic heterocycles. The fourth-order valence-electron chi connectivity index (χ4n) is 7.43. The van der Waals surface area contributed by atoms with Crippen molar-refractivity contribution in [2.75, 3.05) is 45.9 Å². The van der Waals surface area contributed by atoms with Gasteiger partial charge in [0.15, 0.2) is 0 Å². The van der Waals surface area contributed by atoms with Crippen LogP contribution in [0.2, 0.25) is 0 Å². The molecular formula is C52H50N12O9S2. The Labute approximate surface area is 427 Å². The molecule has 0 saturated heterocycles. The van der Waals surface area contributed by atoms with Crippen LogP contribution in [0.3, 0.4) is 0 Å². The molecule has 384 valence electrons. The highest BCUT2D eigenvalue weighted by Crippen LogP contribution is 2.27. The number of rotatable bonds is 0. The summed E-state index contributed by atoms with van der Waals surface area (Å²) in [6.07, 6.45) is 0. The molecule has 0 radical (unpaired) electrons. The highest BCUT2D eigenvalue weighted by Gasteiger charge is 2.05. The number of anilines is 8. The zero-order valence-corrected chi connectivity index (χ0v) is 40.9. The quantitative estimate of drug-likeness (QED) is 0.0388. The van der Waals surface area contributed by atoms with Crippen molar-refractivity contribution in [2.45, 2.75) is 0 Å². The molecule has 0 amide bonds. The predicted octanol–water partition coefficient (Wildman–Crippen LogP) is 8.08. The maximum absolute atomic E-state index is 8.74. The van der Waals surface area contributed by atoms with Gasteiger partial charge in [0.25, 0.3) is 0 Å². The second-order valence-electron chi connectivity index (χ2n) is 16.5. The van der Waals surface area contributed by atoms with E-state index in [9.17, 15) is 0 Å². The van der Waals surface area contributed by atoms with Gasteiger partial charge in [0.05, 0.1) is 44.1 Å². The Morgan fingerprint density at radius 1 is 0.240 bits per heavy atom. The van der Waals surface area contributed by atoms with Gasteiger partial charge >= 0.3 is 20.8 Å². The molecule has 0 unspecified atom stereocenters. The summed E-state index contributed by atoms with van der Waals surface area (Å²) >= 11 is 0. The molecular weight excluding hydrogens is 1000 g/mol. The first kappa shape index (κ1) is 54.9. The van der Waals surface area contributed by atoms with E-state index in [0.29, 0.717) is 0 Å². The molecule has 21 nitrogen and oxygen atoms in total. The molecule has 0 saturated carbocycles. The number of benzene rings is 8. The second kappa shape index (κ2) is 23.0. The van der Waals surface area contributed by atoms with Crippen LogP contribution in [0.15, 0.2) is 170 Å². The van der Waals surface area contributed by atoms with Gasteiger partial charge in [-0.25, -0.2) is 19.9 Å². The molecule has 12 aromatic rings. The Morgan fingerprint density at radius 3 is 0.453 bits per heavy atom. The van der Waals surface area contributed by atoms with Crippen molar-refractivity contribution in [3.63, 3.8) is 0 Å². The third kappa shape index (κ3) is 15.8. The zero-order chi connectivity index (χ0) is 53.5. The molecule has 4 heterocycles. The molecule has 8 aromatic carbocycles. The van der Waals surface area contributed by atoms with E-state index in [-0.39, 0.29) is 5.48 Å². The highest BCUT2D eigenvalue weighted by molar-refractivity contribution is 7.80. The lowest BCUT2D eigenvalue weighted by molar-refractivity contribution is 0.378. The lowest BCUT2D eigenvalue weighted by Crippen LogP contribution is -1.89. The summed E-state index contributed by atoms with van der Waals surface area (Å²) < 4.78 is 63.2. The van der Waals surface area contributed by atoms with E-state index >= 15 is 0 Å². The van der Waals surface area contributed by atoms with Gasteiger partial charge in [0, 0.05) is 88.6 Å². The fraction of sp³-hybridized carbons (Fsp3) is 0. The smallest absolute Gasteiger partial charge is 0.394 e. The normalized spacial score (nSPS) is 10.9. The number of pyridine rings is 4. The summed E-state index contributed by atoms with van der Waals surface area (Å²) in [6, 6.07) is 54.3. The Kier molecular flexibility index (Phi) is 16.8. The van der Waals surface area contributed by atoms with Crippen LogP contribution in [0.5, 0.6) is 0 Å². The number of nitrogen functional groups attached to an aromatic ring is 8. The molecule has 23 heteroatoms. The van der Waals surface area contributed by atoms with Crippen LogP contribution in [-0.2, 0) is 20.8 Å². The first-order valence-corrected chi connectivity index (χ1v) is 24.5. The van der Waals surface area contributed by atoms with Crippen LogP contribution in [0.25, 0.3) is 87.2 Å². The van der Waals surface area contributed by atoms with Crippen molar-refractivity contribution >= 4 is 154 Å². The SMILES string of the molecule is Nc1ccc2cc3ccc(N)cc3nc2c1.Nc1ccc2cc3ccc(N)cc3nc2c1.Nc1ccc2cc3ccc(N)cc3nc2c1.Nc1ccc2cc3ccc(N)cc3nc2c1.O.O=S(=O)(O)O.O=S(=O)(O)O. The van der Waals surface area contributed by atoms with E-state index in [1.165, 1.54) is 0 Å². The minimum absolute atomic E-state index is 0. The minimum atomic E-state index is -4.67.